The zero-order valence-corrected chi connectivity index (χ0v) is 14.3. The largest absolute Gasteiger partial charge is 0.340 e. The quantitative estimate of drug-likeness (QED) is 0.630. The lowest BCUT2D eigenvalue weighted by molar-refractivity contribution is 0.102. The third-order valence-corrected chi connectivity index (χ3v) is 3.86. The maximum Gasteiger partial charge on any atom is 0.260 e. The van der Waals surface area contributed by atoms with Crippen LogP contribution in [0, 0.1) is 5.82 Å². The summed E-state index contributed by atoms with van der Waals surface area (Å²) in [6, 6.07) is 14.6. The molecule has 0 unspecified atom stereocenters. The molecule has 0 spiro atoms. The number of aromatic nitrogens is 1. The van der Waals surface area contributed by atoms with E-state index in [9.17, 15) is 9.18 Å². The summed E-state index contributed by atoms with van der Waals surface area (Å²) in [7, 11) is 0. The first-order chi connectivity index (χ1) is 12.0. The average molecular weight is 376 g/mol. The van der Waals surface area contributed by atoms with Gasteiger partial charge in [-0.15, -0.1) is 0 Å². The van der Waals surface area contributed by atoms with Crippen molar-refractivity contribution in [3.8, 4) is 0 Å². The Morgan fingerprint density at radius 3 is 2.48 bits per heavy atom. The minimum Gasteiger partial charge on any atom is -0.340 e. The van der Waals surface area contributed by atoms with Gasteiger partial charge in [-0.3, -0.25) is 4.79 Å². The first-order valence-corrected chi connectivity index (χ1v) is 8.02. The van der Waals surface area contributed by atoms with E-state index in [1.807, 2.05) is 12.1 Å². The van der Waals surface area contributed by atoms with Crippen LogP contribution in [0.5, 0.6) is 0 Å². The molecule has 2 N–H and O–H groups in total. The number of benzene rings is 2. The number of pyridine rings is 1. The number of nitrogens with zero attached hydrogens (tertiary/aromatic N) is 1. The number of halogens is 3. The molecule has 3 aromatic rings. The number of hydrogen-bond acceptors (Lipinski definition) is 3. The number of amides is 1. The van der Waals surface area contributed by atoms with Crippen LogP contribution in [0.2, 0.25) is 10.0 Å². The number of hydrogen-bond donors (Lipinski definition) is 2. The standard InChI is InChI=1S/C18H12Cl2FN3O/c19-11-3-1-4-12(9-11)23-16-8-7-13(10-22-16)24-18(25)17-14(20)5-2-6-15(17)21/h1-10H,(H,22,23)(H,24,25). The van der Waals surface area contributed by atoms with Gasteiger partial charge < -0.3 is 10.6 Å². The summed E-state index contributed by atoms with van der Waals surface area (Å²) < 4.78 is 13.8. The summed E-state index contributed by atoms with van der Waals surface area (Å²) in [6.07, 6.45) is 1.46. The van der Waals surface area contributed by atoms with Crippen LogP contribution in [0.1, 0.15) is 10.4 Å². The molecule has 0 atom stereocenters. The van der Waals surface area contributed by atoms with E-state index in [0.717, 1.165) is 5.69 Å². The summed E-state index contributed by atoms with van der Waals surface area (Å²) in [5.41, 5.74) is 1.00. The smallest absolute Gasteiger partial charge is 0.260 e. The molecule has 0 saturated carbocycles. The fourth-order valence-electron chi connectivity index (χ4n) is 2.16. The van der Waals surface area contributed by atoms with Crippen LogP contribution in [0.25, 0.3) is 0 Å². The molecule has 2 aromatic carbocycles. The SMILES string of the molecule is O=C(Nc1ccc(Nc2cccc(Cl)c2)nc1)c1c(F)cccc1Cl. The van der Waals surface area contributed by atoms with E-state index in [4.69, 9.17) is 23.2 Å². The predicted molar refractivity (Wildman–Crippen MR) is 98.3 cm³/mol. The summed E-state index contributed by atoms with van der Waals surface area (Å²) in [6.45, 7) is 0. The van der Waals surface area contributed by atoms with Gasteiger partial charge in [-0.2, -0.15) is 0 Å². The Kier molecular flexibility index (Phi) is 5.16. The molecule has 0 radical (unpaired) electrons. The summed E-state index contributed by atoms with van der Waals surface area (Å²) in [5.74, 6) is -0.748. The normalized spacial score (nSPS) is 10.4. The zero-order chi connectivity index (χ0) is 17.8. The van der Waals surface area contributed by atoms with Crippen molar-refractivity contribution in [2.45, 2.75) is 0 Å². The monoisotopic (exact) mass is 375 g/mol. The van der Waals surface area contributed by atoms with Crippen LogP contribution in [-0.2, 0) is 0 Å². The van der Waals surface area contributed by atoms with Crippen molar-refractivity contribution in [1.82, 2.24) is 4.98 Å². The second-order valence-corrected chi connectivity index (χ2v) is 5.96. The van der Waals surface area contributed by atoms with Gasteiger partial charge in [-0.1, -0.05) is 35.3 Å². The maximum atomic E-state index is 13.8. The number of carbonyl (C=O) groups excluding carboxylic acids is 1. The van der Waals surface area contributed by atoms with E-state index in [2.05, 4.69) is 15.6 Å². The van der Waals surface area contributed by atoms with Crippen molar-refractivity contribution < 1.29 is 9.18 Å². The molecule has 1 heterocycles. The minimum absolute atomic E-state index is 0.0460. The highest BCUT2D eigenvalue weighted by atomic mass is 35.5. The Hall–Kier alpha value is -2.63. The number of rotatable bonds is 4. The molecule has 0 aliphatic rings. The van der Waals surface area contributed by atoms with Crippen LogP contribution in [0.4, 0.5) is 21.6 Å². The van der Waals surface area contributed by atoms with E-state index in [1.54, 1.807) is 24.3 Å². The summed E-state index contributed by atoms with van der Waals surface area (Å²) in [4.78, 5) is 16.4. The van der Waals surface area contributed by atoms with E-state index in [1.165, 1.54) is 24.4 Å². The Labute approximate surface area is 153 Å². The van der Waals surface area contributed by atoms with Gasteiger partial charge in [0.1, 0.15) is 11.6 Å². The van der Waals surface area contributed by atoms with Gasteiger partial charge in [0.15, 0.2) is 0 Å². The van der Waals surface area contributed by atoms with Gasteiger partial charge in [0.05, 0.1) is 22.5 Å². The van der Waals surface area contributed by atoms with Crippen molar-refractivity contribution in [1.29, 1.82) is 0 Å². The van der Waals surface area contributed by atoms with Gasteiger partial charge in [0, 0.05) is 10.7 Å². The van der Waals surface area contributed by atoms with Crippen LogP contribution in [0.3, 0.4) is 0 Å². The molecular weight excluding hydrogens is 364 g/mol. The fourth-order valence-corrected chi connectivity index (χ4v) is 2.60. The molecule has 1 amide bonds. The molecule has 0 bridgehead atoms. The minimum atomic E-state index is -0.683. The topological polar surface area (TPSA) is 54.0 Å². The molecule has 3 rings (SSSR count). The van der Waals surface area contributed by atoms with Crippen molar-refractivity contribution in [3.05, 3.63) is 82.2 Å². The van der Waals surface area contributed by atoms with E-state index < -0.39 is 11.7 Å². The number of anilines is 3. The van der Waals surface area contributed by atoms with Gasteiger partial charge in [-0.25, -0.2) is 9.37 Å². The molecule has 0 aliphatic carbocycles. The molecule has 7 heteroatoms. The lowest BCUT2D eigenvalue weighted by Gasteiger charge is -2.09. The molecule has 1 aromatic heterocycles. The lowest BCUT2D eigenvalue weighted by Crippen LogP contribution is -2.14. The average Bonchev–Trinajstić information content (AvgIpc) is 2.56. The lowest BCUT2D eigenvalue weighted by atomic mass is 10.2. The van der Waals surface area contributed by atoms with Crippen molar-refractivity contribution in [3.63, 3.8) is 0 Å². The fraction of sp³-hybridized carbons (Fsp3) is 0. The summed E-state index contributed by atoms with van der Waals surface area (Å²) >= 11 is 11.8. The van der Waals surface area contributed by atoms with Crippen molar-refractivity contribution in [2.24, 2.45) is 0 Å². The van der Waals surface area contributed by atoms with Gasteiger partial charge in [0.25, 0.3) is 5.91 Å². The molecule has 0 fully saturated rings. The van der Waals surface area contributed by atoms with E-state index in [-0.39, 0.29) is 10.6 Å². The van der Waals surface area contributed by atoms with Crippen molar-refractivity contribution >= 4 is 46.3 Å². The van der Waals surface area contributed by atoms with Crippen LogP contribution < -0.4 is 10.6 Å². The Morgan fingerprint density at radius 1 is 1.00 bits per heavy atom. The van der Waals surface area contributed by atoms with Gasteiger partial charge >= 0.3 is 0 Å². The van der Waals surface area contributed by atoms with Gasteiger partial charge in [-0.05, 0) is 42.5 Å². The van der Waals surface area contributed by atoms with E-state index in [0.29, 0.717) is 16.5 Å². The van der Waals surface area contributed by atoms with Crippen LogP contribution in [0.15, 0.2) is 60.8 Å². The second kappa shape index (κ2) is 7.51. The van der Waals surface area contributed by atoms with Crippen LogP contribution >= 0.6 is 23.2 Å². The molecule has 4 nitrogen and oxygen atoms in total. The van der Waals surface area contributed by atoms with E-state index >= 15 is 0 Å². The maximum absolute atomic E-state index is 13.8. The Balaban J connectivity index is 1.71. The molecule has 126 valence electrons. The molecule has 0 saturated heterocycles. The highest BCUT2D eigenvalue weighted by molar-refractivity contribution is 6.34. The summed E-state index contributed by atoms with van der Waals surface area (Å²) in [5, 5.41) is 6.30. The van der Waals surface area contributed by atoms with Gasteiger partial charge in [0.2, 0.25) is 0 Å². The third-order valence-electron chi connectivity index (χ3n) is 3.31. The Bertz CT molecular complexity index is 896. The first-order valence-electron chi connectivity index (χ1n) is 7.27. The number of carbonyl (C=O) groups is 1. The number of nitrogens with one attached hydrogen (secondary N) is 2. The molecule has 0 aliphatic heterocycles. The molecular formula is C18H12Cl2FN3O. The second-order valence-electron chi connectivity index (χ2n) is 5.12. The highest BCUT2D eigenvalue weighted by Crippen LogP contribution is 2.22. The predicted octanol–water partition coefficient (Wildman–Crippen LogP) is 5.52. The third kappa shape index (κ3) is 4.26. The van der Waals surface area contributed by atoms with Crippen molar-refractivity contribution in [2.75, 3.05) is 10.6 Å². The highest BCUT2D eigenvalue weighted by Gasteiger charge is 2.15. The zero-order valence-electron chi connectivity index (χ0n) is 12.8. The first kappa shape index (κ1) is 17.2. The van der Waals surface area contributed by atoms with Crippen LogP contribution in [-0.4, -0.2) is 10.9 Å². The Morgan fingerprint density at radius 2 is 1.80 bits per heavy atom. The molecule has 25 heavy (non-hydrogen) atoms.